The van der Waals surface area contributed by atoms with E-state index >= 15 is 0 Å². The first-order valence-corrected chi connectivity index (χ1v) is 9.32. The number of hydrogen-bond acceptors (Lipinski definition) is 5. The van der Waals surface area contributed by atoms with E-state index in [9.17, 15) is 9.59 Å². The van der Waals surface area contributed by atoms with Gasteiger partial charge in [0.2, 0.25) is 11.8 Å². The van der Waals surface area contributed by atoms with Gasteiger partial charge < -0.3 is 24.4 Å². The summed E-state index contributed by atoms with van der Waals surface area (Å²) in [6.45, 7) is 3.91. The number of carbonyl (C=O) groups is 2. The number of nitrogens with zero attached hydrogens (tertiary/aromatic N) is 1. The maximum Gasteiger partial charge on any atom is 0.225 e. The summed E-state index contributed by atoms with van der Waals surface area (Å²) in [7, 11) is 4.84. The van der Waals surface area contributed by atoms with Crippen LogP contribution in [0.1, 0.15) is 31.2 Å². The summed E-state index contributed by atoms with van der Waals surface area (Å²) in [5.74, 6) is 0.939. The summed E-state index contributed by atoms with van der Waals surface area (Å²) in [5, 5.41) is 2.97. The Morgan fingerprint density at radius 3 is 2.59 bits per heavy atom. The fourth-order valence-electron chi connectivity index (χ4n) is 3.50. The van der Waals surface area contributed by atoms with Gasteiger partial charge in [-0.3, -0.25) is 9.59 Å². The predicted octanol–water partition coefficient (Wildman–Crippen LogP) is 1.81. The molecule has 2 amide bonds. The Hall–Kier alpha value is -2.28. The third kappa shape index (κ3) is 5.13. The van der Waals surface area contributed by atoms with E-state index < -0.39 is 0 Å². The molecule has 0 bridgehead atoms. The van der Waals surface area contributed by atoms with E-state index in [2.05, 4.69) is 5.32 Å². The van der Waals surface area contributed by atoms with Gasteiger partial charge in [-0.1, -0.05) is 13.0 Å². The molecule has 7 nitrogen and oxygen atoms in total. The SMILES string of the molecule is CCC(=O)N1CC(C(=O)NCCCOC)C(c2ccc(OC)cc2OC)C1. The van der Waals surface area contributed by atoms with Crippen LogP contribution in [0.4, 0.5) is 0 Å². The number of ether oxygens (including phenoxy) is 3. The largest absolute Gasteiger partial charge is 0.497 e. The zero-order valence-electron chi connectivity index (χ0n) is 16.6. The van der Waals surface area contributed by atoms with Gasteiger partial charge in [-0.25, -0.2) is 0 Å². The molecule has 1 aliphatic rings. The van der Waals surface area contributed by atoms with E-state index in [-0.39, 0.29) is 23.7 Å². The highest BCUT2D eigenvalue weighted by molar-refractivity contribution is 5.83. The second-order valence-corrected chi connectivity index (χ2v) is 6.61. The molecule has 1 aliphatic heterocycles. The van der Waals surface area contributed by atoms with E-state index in [0.29, 0.717) is 44.2 Å². The number of methoxy groups -OCH3 is 3. The Labute approximate surface area is 161 Å². The number of amides is 2. The van der Waals surface area contributed by atoms with Crippen LogP contribution in [-0.2, 0) is 14.3 Å². The van der Waals surface area contributed by atoms with Crippen molar-refractivity contribution < 1.29 is 23.8 Å². The Kier molecular flexibility index (Phi) is 7.91. The second-order valence-electron chi connectivity index (χ2n) is 6.61. The van der Waals surface area contributed by atoms with Crippen molar-refractivity contribution in [1.29, 1.82) is 0 Å². The lowest BCUT2D eigenvalue weighted by Gasteiger charge is -2.21. The summed E-state index contributed by atoms with van der Waals surface area (Å²) >= 11 is 0. The van der Waals surface area contributed by atoms with E-state index in [1.807, 2.05) is 25.1 Å². The van der Waals surface area contributed by atoms with Crippen LogP contribution in [0.2, 0.25) is 0 Å². The zero-order valence-corrected chi connectivity index (χ0v) is 16.6. The molecule has 7 heteroatoms. The van der Waals surface area contributed by atoms with Gasteiger partial charge in [0, 0.05) is 57.3 Å². The highest BCUT2D eigenvalue weighted by Gasteiger charge is 2.41. The van der Waals surface area contributed by atoms with Crippen molar-refractivity contribution >= 4 is 11.8 Å². The third-order valence-electron chi connectivity index (χ3n) is 4.98. The van der Waals surface area contributed by atoms with Crippen molar-refractivity contribution in [3.8, 4) is 11.5 Å². The minimum absolute atomic E-state index is 0.0413. The fraction of sp³-hybridized carbons (Fsp3) is 0.600. The van der Waals surface area contributed by atoms with Gasteiger partial charge in [0.1, 0.15) is 11.5 Å². The molecule has 0 saturated carbocycles. The number of nitrogens with one attached hydrogen (secondary N) is 1. The summed E-state index contributed by atoms with van der Waals surface area (Å²) in [4.78, 5) is 26.8. The molecular formula is C20H30N2O5. The van der Waals surface area contributed by atoms with Gasteiger partial charge in [0.25, 0.3) is 0 Å². The number of benzene rings is 1. The van der Waals surface area contributed by atoms with E-state index in [1.165, 1.54) is 0 Å². The lowest BCUT2D eigenvalue weighted by molar-refractivity contribution is -0.130. The van der Waals surface area contributed by atoms with E-state index in [4.69, 9.17) is 14.2 Å². The van der Waals surface area contributed by atoms with Crippen molar-refractivity contribution in [2.24, 2.45) is 5.92 Å². The highest BCUT2D eigenvalue weighted by Crippen LogP contribution is 2.39. The minimum atomic E-state index is -0.315. The standard InChI is InChI=1S/C20H30N2O5/c1-5-19(23)22-12-16(15-8-7-14(26-3)11-18(15)27-4)17(13-22)20(24)21-9-6-10-25-2/h7-8,11,16-17H,5-6,9-10,12-13H2,1-4H3,(H,21,24). The molecule has 1 fully saturated rings. The van der Waals surface area contributed by atoms with Gasteiger partial charge in [-0.05, 0) is 12.5 Å². The number of carbonyl (C=O) groups excluding carboxylic acids is 2. The lowest BCUT2D eigenvalue weighted by atomic mass is 9.87. The molecule has 1 saturated heterocycles. The van der Waals surface area contributed by atoms with Crippen molar-refractivity contribution in [2.45, 2.75) is 25.7 Å². The molecule has 2 unspecified atom stereocenters. The summed E-state index contributed by atoms with van der Waals surface area (Å²) in [5.41, 5.74) is 0.918. The van der Waals surface area contributed by atoms with Gasteiger partial charge in [0.15, 0.2) is 0 Å². The smallest absolute Gasteiger partial charge is 0.225 e. The van der Waals surface area contributed by atoms with Gasteiger partial charge in [-0.2, -0.15) is 0 Å². The molecule has 0 aliphatic carbocycles. The zero-order chi connectivity index (χ0) is 19.8. The Morgan fingerprint density at radius 2 is 1.96 bits per heavy atom. The molecule has 1 aromatic rings. The molecule has 2 atom stereocenters. The summed E-state index contributed by atoms with van der Waals surface area (Å²) < 4.78 is 15.8. The topological polar surface area (TPSA) is 77.1 Å². The van der Waals surface area contributed by atoms with Crippen LogP contribution in [0.3, 0.4) is 0 Å². The van der Waals surface area contributed by atoms with Crippen molar-refractivity contribution in [1.82, 2.24) is 10.2 Å². The second kappa shape index (κ2) is 10.2. The number of likely N-dealkylation sites (tertiary alicyclic amines) is 1. The molecule has 1 heterocycles. The van der Waals surface area contributed by atoms with Crippen LogP contribution >= 0.6 is 0 Å². The fourth-order valence-corrected chi connectivity index (χ4v) is 3.50. The van der Waals surface area contributed by atoms with Crippen molar-refractivity contribution in [3.63, 3.8) is 0 Å². The van der Waals surface area contributed by atoms with E-state index in [1.54, 1.807) is 26.2 Å². The van der Waals surface area contributed by atoms with Crippen LogP contribution in [0.15, 0.2) is 18.2 Å². The van der Waals surface area contributed by atoms with Crippen LogP contribution in [0.25, 0.3) is 0 Å². The van der Waals surface area contributed by atoms with Gasteiger partial charge in [-0.15, -0.1) is 0 Å². The average Bonchev–Trinajstić information content (AvgIpc) is 3.15. The normalized spacial score (nSPS) is 19.0. The van der Waals surface area contributed by atoms with E-state index in [0.717, 1.165) is 12.0 Å². The molecule has 0 spiro atoms. The van der Waals surface area contributed by atoms with Crippen LogP contribution in [-0.4, -0.2) is 64.3 Å². The molecule has 1 aromatic carbocycles. The average molecular weight is 378 g/mol. The molecule has 1 N–H and O–H groups in total. The lowest BCUT2D eigenvalue weighted by Crippen LogP contribution is -2.36. The first kappa shape index (κ1) is 21.0. The highest BCUT2D eigenvalue weighted by atomic mass is 16.5. The number of hydrogen-bond donors (Lipinski definition) is 1. The first-order valence-electron chi connectivity index (χ1n) is 9.32. The number of rotatable bonds is 9. The van der Waals surface area contributed by atoms with Crippen LogP contribution in [0, 0.1) is 5.92 Å². The quantitative estimate of drug-likeness (QED) is 0.663. The molecule has 2 rings (SSSR count). The maximum absolute atomic E-state index is 12.8. The van der Waals surface area contributed by atoms with Crippen LogP contribution in [0.5, 0.6) is 11.5 Å². The Balaban J connectivity index is 2.24. The maximum atomic E-state index is 12.8. The molecule has 27 heavy (non-hydrogen) atoms. The summed E-state index contributed by atoms with van der Waals surface area (Å²) in [6.07, 6.45) is 1.18. The minimum Gasteiger partial charge on any atom is -0.497 e. The van der Waals surface area contributed by atoms with Gasteiger partial charge in [0.05, 0.1) is 20.1 Å². The third-order valence-corrected chi connectivity index (χ3v) is 4.98. The molecule has 0 aromatic heterocycles. The Bertz CT molecular complexity index is 649. The first-order chi connectivity index (χ1) is 13.0. The molecule has 150 valence electrons. The van der Waals surface area contributed by atoms with Gasteiger partial charge >= 0.3 is 0 Å². The van der Waals surface area contributed by atoms with Crippen molar-refractivity contribution in [3.05, 3.63) is 23.8 Å². The molecular weight excluding hydrogens is 348 g/mol. The Morgan fingerprint density at radius 1 is 1.19 bits per heavy atom. The van der Waals surface area contributed by atoms with Crippen molar-refractivity contribution in [2.75, 3.05) is 47.6 Å². The molecule has 0 radical (unpaired) electrons. The summed E-state index contributed by atoms with van der Waals surface area (Å²) in [6, 6.07) is 5.59. The van der Waals surface area contributed by atoms with Crippen LogP contribution < -0.4 is 14.8 Å². The monoisotopic (exact) mass is 378 g/mol. The predicted molar refractivity (Wildman–Crippen MR) is 102 cm³/mol.